The summed E-state index contributed by atoms with van der Waals surface area (Å²) in [6.45, 7) is 10.9. The van der Waals surface area contributed by atoms with E-state index in [4.69, 9.17) is 15.2 Å². The van der Waals surface area contributed by atoms with Gasteiger partial charge in [0.25, 0.3) is 0 Å². The topological polar surface area (TPSA) is 47.7 Å². The van der Waals surface area contributed by atoms with E-state index >= 15 is 0 Å². The van der Waals surface area contributed by atoms with Gasteiger partial charge in [0, 0.05) is 27.3 Å². The summed E-state index contributed by atoms with van der Waals surface area (Å²) in [5.41, 5.74) is 6.10. The maximum absolute atomic E-state index is 5.75. The Hall–Kier alpha value is -0.160. The highest BCUT2D eigenvalue weighted by Crippen LogP contribution is 2.32. The summed E-state index contributed by atoms with van der Waals surface area (Å²) in [5.74, 6) is 0.714. The first-order chi connectivity index (χ1) is 9.42. The number of nitrogens with two attached hydrogens (primary N) is 1. The van der Waals surface area contributed by atoms with Crippen molar-refractivity contribution in [1.82, 2.24) is 4.90 Å². The smallest absolute Gasteiger partial charge is 0.0971 e. The fraction of sp³-hybridized carbons (Fsp3) is 1.00. The Morgan fingerprint density at radius 3 is 2.05 bits per heavy atom. The van der Waals surface area contributed by atoms with Crippen LogP contribution in [-0.4, -0.2) is 57.5 Å². The highest BCUT2D eigenvalue weighted by molar-refractivity contribution is 4.86. The summed E-state index contributed by atoms with van der Waals surface area (Å²) in [7, 11) is 3.55. The lowest BCUT2D eigenvalue weighted by molar-refractivity contribution is -0.00461. The average Bonchev–Trinajstić information content (AvgIpc) is 2.79. The molecule has 120 valence electrons. The lowest BCUT2D eigenvalue weighted by atomic mass is 9.76. The van der Waals surface area contributed by atoms with Crippen molar-refractivity contribution in [2.45, 2.75) is 52.2 Å². The molecule has 0 aromatic rings. The Labute approximate surface area is 125 Å². The third-order valence-corrected chi connectivity index (χ3v) is 4.66. The molecule has 1 rings (SSSR count). The van der Waals surface area contributed by atoms with Crippen LogP contribution in [0.3, 0.4) is 0 Å². The van der Waals surface area contributed by atoms with Crippen LogP contribution in [-0.2, 0) is 9.47 Å². The summed E-state index contributed by atoms with van der Waals surface area (Å²) < 4.78 is 11.0. The number of nitrogens with zero attached hydrogens (tertiary/aromatic N) is 1. The monoisotopic (exact) mass is 286 g/mol. The third-order valence-electron chi connectivity index (χ3n) is 4.66. The summed E-state index contributed by atoms with van der Waals surface area (Å²) in [6, 6.07) is 0. The van der Waals surface area contributed by atoms with Gasteiger partial charge in [-0.3, -0.25) is 4.90 Å². The Morgan fingerprint density at radius 1 is 1.10 bits per heavy atom. The van der Waals surface area contributed by atoms with E-state index in [9.17, 15) is 0 Å². The molecule has 4 nitrogen and oxygen atoms in total. The number of hydrogen-bond acceptors (Lipinski definition) is 4. The Kier molecular flexibility index (Phi) is 7.45. The molecule has 0 aromatic heterocycles. The second-order valence-electron chi connectivity index (χ2n) is 7.09. The van der Waals surface area contributed by atoms with E-state index in [1.54, 1.807) is 14.2 Å². The standard InChI is InChI=1S/C16H34N2O2/c1-16(2,3)13(8-9-17)7-6-10-18-11-14(19-4)15(12-18)20-5/h13-15H,6-12,17H2,1-5H3. The number of rotatable bonds is 8. The van der Waals surface area contributed by atoms with Gasteiger partial charge in [-0.25, -0.2) is 0 Å². The highest BCUT2D eigenvalue weighted by atomic mass is 16.5. The van der Waals surface area contributed by atoms with E-state index < -0.39 is 0 Å². The lowest BCUT2D eigenvalue weighted by Crippen LogP contribution is -2.27. The fourth-order valence-electron chi connectivity index (χ4n) is 3.23. The SMILES string of the molecule is COC1CN(CCCC(CCN)C(C)(C)C)CC1OC. The molecule has 1 heterocycles. The fourth-order valence-corrected chi connectivity index (χ4v) is 3.23. The number of ether oxygens (including phenoxy) is 2. The molecule has 0 amide bonds. The van der Waals surface area contributed by atoms with E-state index in [0.717, 1.165) is 32.6 Å². The maximum Gasteiger partial charge on any atom is 0.0971 e. The second-order valence-corrected chi connectivity index (χ2v) is 7.09. The van der Waals surface area contributed by atoms with Gasteiger partial charge in [-0.15, -0.1) is 0 Å². The molecule has 4 heteroatoms. The molecular weight excluding hydrogens is 252 g/mol. The molecule has 0 aliphatic carbocycles. The van der Waals surface area contributed by atoms with Crippen LogP contribution < -0.4 is 5.73 Å². The zero-order valence-electron chi connectivity index (χ0n) is 14.0. The van der Waals surface area contributed by atoms with Gasteiger partial charge in [0.15, 0.2) is 0 Å². The number of likely N-dealkylation sites (tertiary alicyclic amines) is 1. The first kappa shape index (κ1) is 17.9. The second kappa shape index (κ2) is 8.32. The zero-order valence-corrected chi connectivity index (χ0v) is 14.0. The van der Waals surface area contributed by atoms with Crippen LogP contribution in [0, 0.1) is 11.3 Å². The average molecular weight is 286 g/mol. The van der Waals surface area contributed by atoms with Crippen molar-refractivity contribution >= 4 is 0 Å². The molecule has 2 N–H and O–H groups in total. The van der Waals surface area contributed by atoms with E-state index in [2.05, 4.69) is 25.7 Å². The Bertz CT molecular complexity index is 254. The van der Waals surface area contributed by atoms with Crippen LogP contribution in [0.2, 0.25) is 0 Å². The van der Waals surface area contributed by atoms with Crippen LogP contribution >= 0.6 is 0 Å². The van der Waals surface area contributed by atoms with Gasteiger partial charge >= 0.3 is 0 Å². The van der Waals surface area contributed by atoms with Gasteiger partial charge in [-0.2, -0.15) is 0 Å². The quantitative estimate of drug-likeness (QED) is 0.742. The first-order valence-electron chi connectivity index (χ1n) is 7.90. The van der Waals surface area contributed by atoms with Crippen molar-refractivity contribution < 1.29 is 9.47 Å². The molecule has 1 aliphatic heterocycles. The normalized spacial score (nSPS) is 26.1. The van der Waals surface area contributed by atoms with Crippen molar-refractivity contribution in [3.8, 4) is 0 Å². The molecule has 20 heavy (non-hydrogen) atoms. The largest absolute Gasteiger partial charge is 0.377 e. The van der Waals surface area contributed by atoms with Crippen molar-refractivity contribution in [3.63, 3.8) is 0 Å². The van der Waals surface area contributed by atoms with Gasteiger partial charge in [0.1, 0.15) is 0 Å². The van der Waals surface area contributed by atoms with Gasteiger partial charge in [-0.1, -0.05) is 20.8 Å². The molecular formula is C16H34N2O2. The Balaban J connectivity index is 2.33. The van der Waals surface area contributed by atoms with Crippen molar-refractivity contribution in [3.05, 3.63) is 0 Å². The van der Waals surface area contributed by atoms with Crippen LogP contribution in [0.4, 0.5) is 0 Å². The van der Waals surface area contributed by atoms with Crippen LogP contribution in [0.5, 0.6) is 0 Å². The summed E-state index contributed by atoms with van der Waals surface area (Å²) >= 11 is 0. The predicted molar refractivity (Wildman–Crippen MR) is 83.9 cm³/mol. The number of methoxy groups -OCH3 is 2. The molecule has 1 aliphatic rings. The van der Waals surface area contributed by atoms with E-state index in [1.165, 1.54) is 12.8 Å². The van der Waals surface area contributed by atoms with E-state index in [0.29, 0.717) is 11.3 Å². The molecule has 0 spiro atoms. The molecule has 1 fully saturated rings. The molecule has 3 unspecified atom stereocenters. The van der Waals surface area contributed by atoms with Gasteiger partial charge < -0.3 is 15.2 Å². The summed E-state index contributed by atoms with van der Waals surface area (Å²) in [5, 5.41) is 0. The Morgan fingerprint density at radius 2 is 1.65 bits per heavy atom. The minimum absolute atomic E-state index is 0.224. The van der Waals surface area contributed by atoms with Crippen LogP contribution in [0.25, 0.3) is 0 Å². The first-order valence-corrected chi connectivity index (χ1v) is 7.90. The minimum atomic E-state index is 0.224. The molecule has 0 bridgehead atoms. The highest BCUT2D eigenvalue weighted by Gasteiger charge is 2.32. The van der Waals surface area contributed by atoms with Gasteiger partial charge in [0.2, 0.25) is 0 Å². The maximum atomic E-state index is 5.75. The third kappa shape index (κ3) is 5.32. The van der Waals surface area contributed by atoms with Crippen molar-refractivity contribution in [2.75, 3.05) is 40.4 Å². The van der Waals surface area contributed by atoms with Crippen molar-refractivity contribution in [1.29, 1.82) is 0 Å². The van der Waals surface area contributed by atoms with Crippen LogP contribution in [0.15, 0.2) is 0 Å². The predicted octanol–water partition coefficient (Wildman–Crippen LogP) is 2.12. The molecule has 0 saturated carbocycles. The molecule has 3 atom stereocenters. The molecule has 0 radical (unpaired) electrons. The summed E-state index contributed by atoms with van der Waals surface area (Å²) in [4.78, 5) is 2.46. The van der Waals surface area contributed by atoms with Crippen molar-refractivity contribution in [2.24, 2.45) is 17.1 Å². The van der Waals surface area contributed by atoms with Gasteiger partial charge in [0.05, 0.1) is 12.2 Å². The van der Waals surface area contributed by atoms with Gasteiger partial charge in [-0.05, 0) is 43.7 Å². The van der Waals surface area contributed by atoms with Crippen LogP contribution in [0.1, 0.15) is 40.0 Å². The van der Waals surface area contributed by atoms with E-state index in [1.807, 2.05) is 0 Å². The number of hydrogen-bond donors (Lipinski definition) is 1. The molecule has 0 aromatic carbocycles. The zero-order chi connectivity index (χ0) is 15.2. The minimum Gasteiger partial charge on any atom is -0.377 e. The molecule has 1 saturated heterocycles. The lowest BCUT2D eigenvalue weighted by Gasteiger charge is -2.31. The summed E-state index contributed by atoms with van der Waals surface area (Å²) in [6.07, 6.45) is 4.07. The van der Waals surface area contributed by atoms with E-state index in [-0.39, 0.29) is 12.2 Å².